The Morgan fingerprint density at radius 2 is 2.12 bits per heavy atom. The number of ether oxygens (including phenoxy) is 2. The van der Waals surface area contributed by atoms with Gasteiger partial charge in [-0.1, -0.05) is 6.92 Å². The van der Waals surface area contributed by atoms with Crippen molar-refractivity contribution >= 4 is 5.97 Å². The number of likely N-dealkylation sites (N-methyl/N-ethyl adjacent to an activating group) is 1. The van der Waals surface area contributed by atoms with Gasteiger partial charge in [0.25, 0.3) is 0 Å². The van der Waals surface area contributed by atoms with E-state index >= 15 is 0 Å². The number of nitrogens with zero attached hydrogens (tertiary/aromatic N) is 1. The van der Waals surface area contributed by atoms with E-state index in [1.807, 2.05) is 14.0 Å². The highest BCUT2D eigenvalue weighted by atomic mass is 16.5. The van der Waals surface area contributed by atoms with Gasteiger partial charge >= 0.3 is 5.97 Å². The lowest BCUT2D eigenvalue weighted by molar-refractivity contribution is -0.146. The van der Waals surface area contributed by atoms with Gasteiger partial charge in [0.05, 0.1) is 13.2 Å². The van der Waals surface area contributed by atoms with E-state index < -0.39 is 0 Å². The molecule has 5 nitrogen and oxygen atoms in total. The highest BCUT2D eigenvalue weighted by molar-refractivity contribution is 5.76. The van der Waals surface area contributed by atoms with E-state index in [1.165, 1.54) is 0 Å². The first-order valence-electron chi connectivity index (χ1n) is 6.23. The van der Waals surface area contributed by atoms with Crippen LogP contribution in [0.25, 0.3) is 0 Å². The first kappa shape index (κ1) is 16.4. The van der Waals surface area contributed by atoms with Crippen LogP contribution in [0.1, 0.15) is 20.3 Å². The van der Waals surface area contributed by atoms with E-state index in [1.54, 1.807) is 7.11 Å². The average Bonchev–Trinajstić information content (AvgIpc) is 2.32. The zero-order valence-electron chi connectivity index (χ0n) is 11.5. The second-order valence-corrected chi connectivity index (χ2v) is 4.01. The molecule has 0 aromatic rings. The monoisotopic (exact) mass is 246 g/mol. The predicted octanol–water partition coefficient (Wildman–Crippen LogP) is 0.496. The van der Waals surface area contributed by atoms with Crippen LogP contribution in [0.2, 0.25) is 0 Å². The third-order valence-corrected chi connectivity index (χ3v) is 2.38. The van der Waals surface area contributed by atoms with Crippen LogP contribution in [0.3, 0.4) is 0 Å². The normalized spacial score (nSPS) is 12.8. The van der Waals surface area contributed by atoms with Crippen molar-refractivity contribution in [1.29, 1.82) is 0 Å². The fourth-order valence-corrected chi connectivity index (χ4v) is 1.43. The van der Waals surface area contributed by atoms with E-state index in [0.717, 1.165) is 19.5 Å². The highest BCUT2D eigenvalue weighted by Gasteiger charge is 2.20. The second-order valence-electron chi connectivity index (χ2n) is 4.01. The van der Waals surface area contributed by atoms with Gasteiger partial charge in [-0.15, -0.1) is 0 Å². The molecule has 0 fully saturated rings. The molecule has 0 aromatic heterocycles. The molecule has 0 aliphatic heterocycles. The van der Waals surface area contributed by atoms with Gasteiger partial charge in [-0.3, -0.25) is 4.79 Å². The van der Waals surface area contributed by atoms with Crippen LogP contribution >= 0.6 is 0 Å². The Hall–Kier alpha value is -0.650. The van der Waals surface area contributed by atoms with Crippen LogP contribution in [0.5, 0.6) is 0 Å². The van der Waals surface area contributed by atoms with E-state index in [0.29, 0.717) is 19.8 Å². The van der Waals surface area contributed by atoms with Crippen molar-refractivity contribution in [3.63, 3.8) is 0 Å². The van der Waals surface area contributed by atoms with E-state index in [9.17, 15) is 4.79 Å². The Balaban J connectivity index is 4.11. The molecule has 0 radical (unpaired) electrons. The molecule has 0 aliphatic carbocycles. The summed E-state index contributed by atoms with van der Waals surface area (Å²) in [6, 6.07) is -0.253. The molecule has 1 N–H and O–H groups in total. The van der Waals surface area contributed by atoms with Crippen LogP contribution < -0.4 is 5.32 Å². The highest BCUT2D eigenvalue weighted by Crippen LogP contribution is 1.95. The Labute approximate surface area is 104 Å². The van der Waals surface area contributed by atoms with Crippen molar-refractivity contribution in [2.24, 2.45) is 0 Å². The molecule has 0 heterocycles. The van der Waals surface area contributed by atoms with Crippen LogP contribution in [0, 0.1) is 0 Å². The molecule has 0 saturated carbocycles. The lowest BCUT2D eigenvalue weighted by Gasteiger charge is -2.23. The minimum Gasteiger partial charge on any atom is -0.465 e. The zero-order valence-corrected chi connectivity index (χ0v) is 11.5. The van der Waals surface area contributed by atoms with Gasteiger partial charge in [0.2, 0.25) is 0 Å². The Bertz CT molecular complexity index is 200. The first-order chi connectivity index (χ1) is 8.15. The average molecular weight is 246 g/mol. The summed E-state index contributed by atoms with van der Waals surface area (Å²) in [5.41, 5.74) is 0. The lowest BCUT2D eigenvalue weighted by Crippen LogP contribution is -2.46. The summed E-state index contributed by atoms with van der Waals surface area (Å²) in [4.78, 5) is 13.8. The van der Waals surface area contributed by atoms with Crippen molar-refractivity contribution in [3.05, 3.63) is 0 Å². The zero-order chi connectivity index (χ0) is 13.1. The molecule has 0 bridgehead atoms. The van der Waals surface area contributed by atoms with Gasteiger partial charge < -0.3 is 19.7 Å². The van der Waals surface area contributed by atoms with Gasteiger partial charge in [0.15, 0.2) is 0 Å². The summed E-state index contributed by atoms with van der Waals surface area (Å²) in [5.74, 6) is -0.176. The fraction of sp³-hybridized carbons (Fsp3) is 0.917. The summed E-state index contributed by atoms with van der Waals surface area (Å²) >= 11 is 0. The molecule has 1 atom stereocenters. The van der Waals surface area contributed by atoms with Crippen molar-refractivity contribution in [1.82, 2.24) is 10.2 Å². The van der Waals surface area contributed by atoms with E-state index in [4.69, 9.17) is 9.47 Å². The number of esters is 1. The summed E-state index contributed by atoms with van der Waals surface area (Å²) in [7, 11) is 3.64. The number of carbonyl (C=O) groups is 1. The molecular formula is C12H26N2O3. The second kappa shape index (κ2) is 10.5. The van der Waals surface area contributed by atoms with Crippen molar-refractivity contribution in [3.8, 4) is 0 Å². The summed E-state index contributed by atoms with van der Waals surface area (Å²) < 4.78 is 10.1. The molecule has 0 saturated heterocycles. The Kier molecular flexibility index (Phi) is 10.1. The molecule has 17 heavy (non-hydrogen) atoms. The number of hydrogen-bond acceptors (Lipinski definition) is 5. The van der Waals surface area contributed by atoms with E-state index in [-0.39, 0.29) is 12.0 Å². The number of carbonyl (C=O) groups excluding carboxylic acids is 1. The van der Waals surface area contributed by atoms with E-state index in [2.05, 4.69) is 17.1 Å². The van der Waals surface area contributed by atoms with Crippen LogP contribution in [0.15, 0.2) is 0 Å². The molecule has 0 spiro atoms. The van der Waals surface area contributed by atoms with Crippen LogP contribution in [-0.4, -0.2) is 63.9 Å². The molecule has 0 amide bonds. The van der Waals surface area contributed by atoms with Gasteiger partial charge in [0.1, 0.15) is 6.04 Å². The Morgan fingerprint density at radius 3 is 2.65 bits per heavy atom. The number of nitrogens with one attached hydrogen (secondary N) is 1. The standard InChI is InChI=1S/C12H26N2O3/c1-5-7-13-11(12(15)17-6-2)10-14(3)8-9-16-4/h11,13H,5-10H2,1-4H3. The largest absolute Gasteiger partial charge is 0.465 e. The number of rotatable bonds is 10. The van der Waals surface area contributed by atoms with Crippen molar-refractivity contribution in [2.45, 2.75) is 26.3 Å². The Morgan fingerprint density at radius 1 is 1.41 bits per heavy atom. The first-order valence-corrected chi connectivity index (χ1v) is 6.23. The van der Waals surface area contributed by atoms with Gasteiger partial charge in [-0.25, -0.2) is 0 Å². The maximum Gasteiger partial charge on any atom is 0.324 e. The van der Waals surface area contributed by atoms with Gasteiger partial charge in [0, 0.05) is 20.2 Å². The number of hydrogen-bond donors (Lipinski definition) is 1. The van der Waals surface area contributed by atoms with Crippen molar-refractivity contribution < 1.29 is 14.3 Å². The van der Waals surface area contributed by atoms with Crippen LogP contribution in [0.4, 0.5) is 0 Å². The fourth-order valence-electron chi connectivity index (χ4n) is 1.43. The van der Waals surface area contributed by atoms with Crippen LogP contribution in [-0.2, 0) is 14.3 Å². The smallest absolute Gasteiger partial charge is 0.324 e. The molecule has 1 unspecified atom stereocenters. The molecule has 0 aromatic carbocycles. The molecule has 5 heteroatoms. The van der Waals surface area contributed by atoms with Crippen molar-refractivity contribution in [2.75, 3.05) is 47.0 Å². The molecule has 102 valence electrons. The minimum absolute atomic E-state index is 0.176. The summed E-state index contributed by atoms with van der Waals surface area (Å²) in [6.45, 7) is 7.25. The quantitative estimate of drug-likeness (QED) is 0.569. The molecule has 0 aliphatic rings. The molecular weight excluding hydrogens is 220 g/mol. The maximum absolute atomic E-state index is 11.7. The third kappa shape index (κ3) is 8.12. The topological polar surface area (TPSA) is 50.8 Å². The lowest BCUT2D eigenvalue weighted by atomic mass is 10.2. The predicted molar refractivity (Wildman–Crippen MR) is 68.1 cm³/mol. The van der Waals surface area contributed by atoms with Gasteiger partial charge in [-0.2, -0.15) is 0 Å². The molecule has 0 rings (SSSR count). The SMILES string of the molecule is CCCNC(CN(C)CCOC)C(=O)OCC. The third-order valence-electron chi connectivity index (χ3n) is 2.38. The number of methoxy groups -OCH3 is 1. The summed E-state index contributed by atoms with van der Waals surface area (Å²) in [5, 5.41) is 3.20. The minimum atomic E-state index is -0.253. The summed E-state index contributed by atoms with van der Waals surface area (Å²) in [6.07, 6.45) is 0.998. The maximum atomic E-state index is 11.7. The van der Waals surface area contributed by atoms with Gasteiger partial charge in [-0.05, 0) is 26.9 Å².